The number of hydrogen-bond donors (Lipinski definition) is 2. The number of carbonyl (C=O) groups is 3. The molecule has 2 amide bonds. The largest absolute Gasteiger partial charge is 0.452 e. The Kier molecular flexibility index (Phi) is 5.73. The van der Waals surface area contributed by atoms with Crippen LogP contribution < -0.4 is 10.6 Å². The van der Waals surface area contributed by atoms with Crippen LogP contribution in [0.4, 0.5) is 20.2 Å². The van der Waals surface area contributed by atoms with Gasteiger partial charge >= 0.3 is 5.97 Å². The third kappa shape index (κ3) is 4.36. The van der Waals surface area contributed by atoms with Crippen molar-refractivity contribution in [3.8, 4) is 0 Å². The quantitative estimate of drug-likeness (QED) is 0.692. The van der Waals surface area contributed by atoms with E-state index in [-0.39, 0.29) is 17.8 Å². The second-order valence-electron chi connectivity index (χ2n) is 6.23. The molecule has 2 aromatic carbocycles. The van der Waals surface area contributed by atoms with E-state index < -0.39 is 41.4 Å². The average molecular weight is 453 g/mol. The Morgan fingerprint density at radius 3 is 2.71 bits per heavy atom. The topological polar surface area (TPSA) is 84.5 Å². The molecule has 2 unspecified atom stereocenters. The minimum atomic E-state index is -1.23. The number of hydrogen-bond acceptors (Lipinski definition) is 4. The SMILES string of the molecule is CC(OC(=O)C1CC(=O)Nc2cc(F)ccc21)C(=O)Nc1ccc(Br)cc1F. The van der Waals surface area contributed by atoms with Crippen LogP contribution in [0.5, 0.6) is 0 Å². The lowest BCUT2D eigenvalue weighted by atomic mass is 9.90. The van der Waals surface area contributed by atoms with Gasteiger partial charge in [0.2, 0.25) is 5.91 Å². The first-order chi connectivity index (χ1) is 13.2. The first kappa shape index (κ1) is 19.9. The van der Waals surface area contributed by atoms with E-state index in [4.69, 9.17) is 4.74 Å². The Balaban J connectivity index is 1.70. The zero-order valence-electron chi connectivity index (χ0n) is 14.6. The molecule has 0 saturated carbocycles. The molecule has 146 valence electrons. The molecule has 2 atom stereocenters. The molecule has 0 aliphatic carbocycles. The van der Waals surface area contributed by atoms with Gasteiger partial charge in [0.05, 0.1) is 11.6 Å². The standard InChI is InChI=1S/C19H15BrF2N2O4/c1-9(18(26)24-15-5-2-10(20)6-14(15)22)28-19(27)13-8-17(25)23-16-7-11(21)3-4-12(13)16/h2-7,9,13H,8H2,1H3,(H,23,25)(H,24,26). The van der Waals surface area contributed by atoms with Crippen molar-refractivity contribution in [2.75, 3.05) is 10.6 Å². The molecule has 0 bridgehead atoms. The molecule has 0 saturated heterocycles. The molecule has 0 spiro atoms. The van der Waals surface area contributed by atoms with E-state index in [0.29, 0.717) is 10.0 Å². The predicted molar refractivity (Wildman–Crippen MR) is 101 cm³/mol. The van der Waals surface area contributed by atoms with Crippen molar-refractivity contribution in [3.63, 3.8) is 0 Å². The summed E-state index contributed by atoms with van der Waals surface area (Å²) in [6.07, 6.45) is -1.42. The molecule has 2 N–H and O–H groups in total. The molecule has 28 heavy (non-hydrogen) atoms. The van der Waals surface area contributed by atoms with E-state index >= 15 is 0 Å². The highest BCUT2D eigenvalue weighted by Gasteiger charge is 2.34. The Hall–Kier alpha value is -2.81. The minimum absolute atomic E-state index is 0.0611. The number of fused-ring (bicyclic) bond motifs is 1. The summed E-state index contributed by atoms with van der Waals surface area (Å²) in [6.45, 7) is 1.33. The van der Waals surface area contributed by atoms with E-state index in [0.717, 1.165) is 6.07 Å². The van der Waals surface area contributed by atoms with Crippen LogP contribution >= 0.6 is 15.9 Å². The predicted octanol–water partition coefficient (Wildman–Crippen LogP) is 3.72. The molecular weight excluding hydrogens is 438 g/mol. The van der Waals surface area contributed by atoms with Crippen molar-refractivity contribution in [2.45, 2.75) is 25.4 Å². The Morgan fingerprint density at radius 2 is 2.00 bits per heavy atom. The maximum Gasteiger partial charge on any atom is 0.314 e. The van der Waals surface area contributed by atoms with Gasteiger partial charge in [-0.3, -0.25) is 14.4 Å². The number of anilines is 2. The molecule has 1 aliphatic rings. The Morgan fingerprint density at radius 1 is 1.25 bits per heavy atom. The van der Waals surface area contributed by atoms with E-state index in [9.17, 15) is 23.2 Å². The first-order valence-corrected chi connectivity index (χ1v) is 9.09. The lowest BCUT2D eigenvalue weighted by molar-refractivity contribution is -0.155. The smallest absolute Gasteiger partial charge is 0.314 e. The maximum absolute atomic E-state index is 13.8. The summed E-state index contributed by atoms with van der Waals surface area (Å²) in [6, 6.07) is 7.76. The molecular formula is C19H15BrF2N2O4. The summed E-state index contributed by atoms with van der Waals surface area (Å²) in [5.41, 5.74) is 0.527. The lowest BCUT2D eigenvalue weighted by Crippen LogP contribution is -2.34. The van der Waals surface area contributed by atoms with Crippen molar-refractivity contribution < 1.29 is 27.9 Å². The lowest BCUT2D eigenvalue weighted by Gasteiger charge is -2.25. The molecule has 1 heterocycles. The fraction of sp³-hybridized carbons (Fsp3) is 0.211. The highest BCUT2D eigenvalue weighted by molar-refractivity contribution is 9.10. The van der Waals surface area contributed by atoms with Crippen molar-refractivity contribution in [3.05, 3.63) is 58.1 Å². The normalized spacial score (nSPS) is 16.6. The number of rotatable bonds is 4. The van der Waals surface area contributed by atoms with Gasteiger partial charge in [0, 0.05) is 16.6 Å². The van der Waals surface area contributed by atoms with Gasteiger partial charge in [-0.15, -0.1) is 0 Å². The van der Waals surface area contributed by atoms with Crippen molar-refractivity contribution in [1.29, 1.82) is 0 Å². The fourth-order valence-corrected chi connectivity index (χ4v) is 3.12. The van der Waals surface area contributed by atoms with Crippen LogP contribution in [0.15, 0.2) is 40.9 Å². The van der Waals surface area contributed by atoms with Crippen LogP contribution in [0.1, 0.15) is 24.8 Å². The van der Waals surface area contributed by atoms with Crippen LogP contribution in [0.2, 0.25) is 0 Å². The van der Waals surface area contributed by atoms with Crippen LogP contribution in [-0.4, -0.2) is 23.9 Å². The monoisotopic (exact) mass is 452 g/mol. The molecule has 3 rings (SSSR count). The summed E-state index contributed by atoms with van der Waals surface area (Å²) in [5, 5.41) is 4.83. The third-order valence-corrected chi connectivity index (χ3v) is 4.68. The number of amides is 2. The molecule has 0 radical (unpaired) electrons. The van der Waals surface area contributed by atoms with Gasteiger partial charge < -0.3 is 15.4 Å². The molecule has 0 fully saturated rings. The fourth-order valence-electron chi connectivity index (χ4n) is 2.78. The highest BCUT2D eigenvalue weighted by atomic mass is 79.9. The number of esters is 1. The first-order valence-electron chi connectivity index (χ1n) is 8.30. The van der Waals surface area contributed by atoms with E-state index in [1.54, 1.807) is 6.07 Å². The van der Waals surface area contributed by atoms with Gasteiger partial charge in [0.15, 0.2) is 6.10 Å². The third-order valence-electron chi connectivity index (χ3n) is 4.19. The molecule has 1 aliphatic heterocycles. The Labute approximate surface area is 167 Å². The summed E-state index contributed by atoms with van der Waals surface area (Å²) in [4.78, 5) is 36.6. The molecule has 0 aromatic heterocycles. The number of carbonyl (C=O) groups excluding carboxylic acids is 3. The van der Waals surface area contributed by atoms with Crippen molar-refractivity contribution >= 4 is 45.1 Å². The number of ether oxygens (including phenoxy) is 1. The second kappa shape index (κ2) is 8.05. The van der Waals surface area contributed by atoms with Crippen LogP contribution in [0, 0.1) is 11.6 Å². The Bertz CT molecular complexity index is 967. The second-order valence-corrected chi connectivity index (χ2v) is 7.14. The summed E-state index contributed by atoms with van der Waals surface area (Å²) < 4.78 is 32.9. The summed E-state index contributed by atoms with van der Waals surface area (Å²) >= 11 is 3.11. The zero-order valence-corrected chi connectivity index (χ0v) is 16.2. The molecule has 2 aromatic rings. The minimum Gasteiger partial charge on any atom is -0.452 e. The number of nitrogens with one attached hydrogen (secondary N) is 2. The number of halogens is 3. The van der Waals surface area contributed by atoms with Gasteiger partial charge in [-0.25, -0.2) is 8.78 Å². The van der Waals surface area contributed by atoms with Crippen LogP contribution in [0.25, 0.3) is 0 Å². The van der Waals surface area contributed by atoms with Crippen LogP contribution in [-0.2, 0) is 19.1 Å². The van der Waals surface area contributed by atoms with Gasteiger partial charge in [-0.2, -0.15) is 0 Å². The van der Waals surface area contributed by atoms with Crippen LogP contribution in [0.3, 0.4) is 0 Å². The van der Waals surface area contributed by atoms with E-state index in [2.05, 4.69) is 26.6 Å². The zero-order chi connectivity index (χ0) is 20.4. The van der Waals surface area contributed by atoms with Gasteiger partial charge in [0.25, 0.3) is 5.91 Å². The van der Waals surface area contributed by atoms with Gasteiger partial charge in [-0.05, 0) is 42.8 Å². The number of benzene rings is 2. The van der Waals surface area contributed by atoms with Gasteiger partial charge in [-0.1, -0.05) is 22.0 Å². The molecule has 9 heteroatoms. The summed E-state index contributed by atoms with van der Waals surface area (Å²) in [5.74, 6) is -4.17. The van der Waals surface area contributed by atoms with Crippen molar-refractivity contribution in [2.24, 2.45) is 0 Å². The summed E-state index contributed by atoms with van der Waals surface area (Å²) in [7, 11) is 0. The average Bonchev–Trinajstić information content (AvgIpc) is 2.62. The maximum atomic E-state index is 13.8. The highest BCUT2D eigenvalue weighted by Crippen LogP contribution is 2.34. The van der Waals surface area contributed by atoms with E-state index in [1.165, 1.54) is 31.2 Å². The van der Waals surface area contributed by atoms with Gasteiger partial charge in [0.1, 0.15) is 11.6 Å². The molecule has 6 nitrogen and oxygen atoms in total. The van der Waals surface area contributed by atoms with E-state index in [1.807, 2.05) is 0 Å². The van der Waals surface area contributed by atoms with Crippen molar-refractivity contribution in [1.82, 2.24) is 0 Å².